The third-order valence-electron chi connectivity index (χ3n) is 3.55. The van der Waals surface area contributed by atoms with Gasteiger partial charge in [-0.05, 0) is 31.4 Å². The van der Waals surface area contributed by atoms with E-state index in [0.717, 1.165) is 5.92 Å². The Morgan fingerprint density at radius 1 is 1.12 bits per heavy atom. The van der Waals surface area contributed by atoms with E-state index >= 15 is 0 Å². The molecule has 1 aromatic rings. The fraction of sp³-hybridized carbons (Fsp3) is 0.625. The molecular formula is C16H27N. The van der Waals surface area contributed by atoms with Crippen molar-refractivity contribution in [1.82, 2.24) is 0 Å². The molecule has 0 N–H and O–H groups in total. The molecule has 0 fully saturated rings. The second kappa shape index (κ2) is 7.37. The molecule has 1 aromatic carbocycles. The van der Waals surface area contributed by atoms with Gasteiger partial charge in [0.25, 0.3) is 0 Å². The Hall–Kier alpha value is -0.980. The van der Waals surface area contributed by atoms with Gasteiger partial charge in [0.2, 0.25) is 0 Å². The molecule has 0 aliphatic heterocycles. The van der Waals surface area contributed by atoms with Crippen molar-refractivity contribution in [3.63, 3.8) is 0 Å². The Morgan fingerprint density at radius 3 is 2.29 bits per heavy atom. The van der Waals surface area contributed by atoms with E-state index in [1.165, 1.54) is 43.5 Å². The molecule has 0 spiro atoms. The first-order valence-electron chi connectivity index (χ1n) is 6.95. The number of unbranched alkanes of at least 4 members (excludes halogenated alkanes) is 1. The molecule has 0 aromatic heterocycles. The molecule has 0 saturated heterocycles. The van der Waals surface area contributed by atoms with Gasteiger partial charge in [0.15, 0.2) is 0 Å². The zero-order valence-corrected chi connectivity index (χ0v) is 11.9. The van der Waals surface area contributed by atoms with Crippen molar-refractivity contribution in [1.29, 1.82) is 0 Å². The summed E-state index contributed by atoms with van der Waals surface area (Å²) in [6, 6.07) is 8.83. The summed E-state index contributed by atoms with van der Waals surface area (Å²) < 4.78 is 0. The van der Waals surface area contributed by atoms with Gasteiger partial charge in [0.1, 0.15) is 0 Å². The van der Waals surface area contributed by atoms with Gasteiger partial charge in [-0.25, -0.2) is 0 Å². The Bertz CT molecular complexity index is 302. The van der Waals surface area contributed by atoms with E-state index in [0.29, 0.717) is 0 Å². The summed E-state index contributed by atoms with van der Waals surface area (Å²) in [4.78, 5) is 2.39. The molecular weight excluding hydrogens is 206 g/mol. The number of benzene rings is 1. The first-order valence-corrected chi connectivity index (χ1v) is 6.95. The highest BCUT2D eigenvalue weighted by atomic mass is 15.1. The second-order valence-corrected chi connectivity index (χ2v) is 5.13. The van der Waals surface area contributed by atoms with E-state index < -0.39 is 0 Å². The van der Waals surface area contributed by atoms with Crippen LogP contribution in [0.25, 0.3) is 0 Å². The lowest BCUT2D eigenvalue weighted by Gasteiger charge is -2.25. The van der Waals surface area contributed by atoms with Crippen LogP contribution in [0.15, 0.2) is 24.3 Å². The van der Waals surface area contributed by atoms with Crippen molar-refractivity contribution in [3.8, 4) is 0 Å². The van der Waals surface area contributed by atoms with Crippen LogP contribution >= 0.6 is 0 Å². The van der Waals surface area contributed by atoms with E-state index in [-0.39, 0.29) is 0 Å². The first-order chi connectivity index (χ1) is 8.17. The largest absolute Gasteiger partial charge is 0.374 e. The molecule has 0 heterocycles. The van der Waals surface area contributed by atoms with Gasteiger partial charge in [-0.1, -0.05) is 50.8 Å². The number of rotatable bonds is 7. The van der Waals surface area contributed by atoms with E-state index in [1.54, 1.807) is 0 Å². The fourth-order valence-corrected chi connectivity index (χ4v) is 2.21. The Morgan fingerprint density at radius 2 is 1.76 bits per heavy atom. The van der Waals surface area contributed by atoms with E-state index in [4.69, 9.17) is 0 Å². The van der Waals surface area contributed by atoms with Crippen molar-refractivity contribution in [3.05, 3.63) is 29.8 Å². The average molecular weight is 233 g/mol. The molecule has 1 rings (SSSR count). The minimum Gasteiger partial charge on any atom is -0.374 e. The summed E-state index contributed by atoms with van der Waals surface area (Å²) in [5.74, 6) is 0.834. The fourth-order valence-electron chi connectivity index (χ4n) is 2.21. The Kier molecular flexibility index (Phi) is 6.10. The maximum absolute atomic E-state index is 2.39. The number of nitrogens with zero attached hydrogens (tertiary/aromatic N) is 1. The van der Waals surface area contributed by atoms with Crippen molar-refractivity contribution in [2.24, 2.45) is 5.92 Å². The predicted octanol–water partition coefficient (Wildman–Crippen LogP) is 4.65. The lowest BCUT2D eigenvalue weighted by Crippen LogP contribution is -2.25. The van der Waals surface area contributed by atoms with Gasteiger partial charge >= 0.3 is 0 Å². The van der Waals surface area contributed by atoms with Gasteiger partial charge in [0.05, 0.1) is 0 Å². The summed E-state index contributed by atoms with van der Waals surface area (Å²) in [5, 5.41) is 0. The number of aryl methyl sites for hydroxylation is 1. The molecule has 0 bridgehead atoms. The second-order valence-electron chi connectivity index (χ2n) is 5.13. The zero-order chi connectivity index (χ0) is 12.7. The monoisotopic (exact) mass is 233 g/mol. The highest BCUT2D eigenvalue weighted by molar-refractivity contribution is 5.46. The lowest BCUT2D eigenvalue weighted by atomic mass is 9.98. The standard InChI is InChI=1S/C16H27N/c1-5-7-8-15(6-2)13-17(4)16-11-9-14(3)10-12-16/h9-12,15H,5-8,13H2,1-4H3. The molecule has 1 unspecified atom stereocenters. The minimum absolute atomic E-state index is 0.834. The van der Waals surface area contributed by atoms with Gasteiger partial charge in [-0.15, -0.1) is 0 Å². The van der Waals surface area contributed by atoms with Crippen LogP contribution in [0.2, 0.25) is 0 Å². The van der Waals surface area contributed by atoms with Gasteiger partial charge in [-0.2, -0.15) is 0 Å². The smallest absolute Gasteiger partial charge is 0.0363 e. The predicted molar refractivity (Wildman–Crippen MR) is 77.8 cm³/mol. The molecule has 1 nitrogen and oxygen atoms in total. The normalized spacial score (nSPS) is 12.5. The minimum atomic E-state index is 0.834. The van der Waals surface area contributed by atoms with Crippen molar-refractivity contribution in [2.45, 2.75) is 46.5 Å². The third-order valence-corrected chi connectivity index (χ3v) is 3.55. The van der Waals surface area contributed by atoms with Gasteiger partial charge in [-0.3, -0.25) is 0 Å². The summed E-state index contributed by atoms with van der Waals surface area (Å²) in [7, 11) is 2.21. The van der Waals surface area contributed by atoms with Crippen LogP contribution in [0.3, 0.4) is 0 Å². The highest BCUT2D eigenvalue weighted by Crippen LogP contribution is 2.19. The third kappa shape index (κ3) is 4.80. The molecule has 0 amide bonds. The molecule has 1 heteroatoms. The van der Waals surface area contributed by atoms with Crippen molar-refractivity contribution >= 4 is 5.69 Å². The quantitative estimate of drug-likeness (QED) is 0.662. The van der Waals surface area contributed by atoms with Gasteiger partial charge in [0, 0.05) is 19.3 Å². The molecule has 0 radical (unpaired) electrons. The molecule has 17 heavy (non-hydrogen) atoms. The van der Waals surface area contributed by atoms with Crippen molar-refractivity contribution < 1.29 is 0 Å². The van der Waals surface area contributed by atoms with Gasteiger partial charge < -0.3 is 4.90 Å². The molecule has 0 saturated carbocycles. The zero-order valence-electron chi connectivity index (χ0n) is 11.9. The van der Waals surface area contributed by atoms with Crippen molar-refractivity contribution in [2.75, 3.05) is 18.5 Å². The molecule has 0 aliphatic carbocycles. The lowest BCUT2D eigenvalue weighted by molar-refractivity contribution is 0.454. The van der Waals surface area contributed by atoms with E-state index in [1.807, 2.05) is 0 Å². The van der Waals surface area contributed by atoms with Crippen LogP contribution < -0.4 is 4.90 Å². The first kappa shape index (κ1) is 14.1. The Labute approximate surface area is 107 Å². The summed E-state index contributed by atoms with van der Waals surface area (Å²) in [6.45, 7) is 7.90. The van der Waals surface area contributed by atoms with Crippen LogP contribution in [0.1, 0.15) is 45.1 Å². The SMILES string of the molecule is CCCCC(CC)CN(C)c1ccc(C)cc1. The highest BCUT2D eigenvalue weighted by Gasteiger charge is 2.09. The van der Waals surface area contributed by atoms with E-state index in [2.05, 4.69) is 57.0 Å². The van der Waals surface area contributed by atoms with Crippen LogP contribution in [-0.2, 0) is 0 Å². The number of hydrogen-bond donors (Lipinski definition) is 0. The maximum atomic E-state index is 2.39. The average Bonchev–Trinajstić information content (AvgIpc) is 2.35. The summed E-state index contributed by atoms with van der Waals surface area (Å²) >= 11 is 0. The summed E-state index contributed by atoms with van der Waals surface area (Å²) in [6.07, 6.45) is 5.32. The van der Waals surface area contributed by atoms with Crippen LogP contribution in [0, 0.1) is 12.8 Å². The maximum Gasteiger partial charge on any atom is 0.0363 e. The molecule has 1 atom stereocenters. The number of hydrogen-bond acceptors (Lipinski definition) is 1. The van der Waals surface area contributed by atoms with E-state index in [9.17, 15) is 0 Å². The van der Waals surface area contributed by atoms with Crippen LogP contribution in [-0.4, -0.2) is 13.6 Å². The Balaban J connectivity index is 2.51. The molecule has 96 valence electrons. The topological polar surface area (TPSA) is 3.24 Å². The van der Waals surface area contributed by atoms with Crippen LogP contribution in [0.4, 0.5) is 5.69 Å². The summed E-state index contributed by atoms with van der Waals surface area (Å²) in [5.41, 5.74) is 2.67. The number of anilines is 1. The molecule has 0 aliphatic rings. The van der Waals surface area contributed by atoms with Crippen LogP contribution in [0.5, 0.6) is 0 Å².